The van der Waals surface area contributed by atoms with Crippen LogP contribution in [0.5, 0.6) is 0 Å². The van der Waals surface area contributed by atoms with Crippen LogP contribution >= 0.6 is 0 Å². The molecule has 1 unspecified atom stereocenters. The highest BCUT2D eigenvalue weighted by molar-refractivity contribution is 6.16. The molecule has 0 radical (unpaired) electrons. The Morgan fingerprint density at radius 2 is 1.87 bits per heavy atom. The highest BCUT2D eigenvalue weighted by atomic mass is 16.4. The van der Waals surface area contributed by atoms with Gasteiger partial charge in [-0.25, -0.2) is 4.98 Å². The molecule has 0 saturated heterocycles. The Morgan fingerprint density at radius 3 is 2.67 bits per heavy atom. The zero-order valence-electron chi connectivity index (χ0n) is 16.2. The van der Waals surface area contributed by atoms with Gasteiger partial charge >= 0.3 is 6.01 Å². The Kier molecular flexibility index (Phi) is 4.44. The molecular weight excluding hydrogens is 380 g/mol. The summed E-state index contributed by atoms with van der Waals surface area (Å²) >= 11 is 0. The van der Waals surface area contributed by atoms with Gasteiger partial charge in [-0.1, -0.05) is 59.7 Å². The number of rotatable bonds is 4. The lowest BCUT2D eigenvalue weighted by molar-refractivity contribution is -0.119. The molecule has 0 bridgehead atoms. The Balaban J connectivity index is 1.52. The second-order valence-corrected chi connectivity index (χ2v) is 6.96. The Labute approximate surface area is 172 Å². The molecule has 8 heteroatoms. The number of nitrogens with zero attached hydrogens (tertiary/aromatic N) is 5. The molecular formula is C22H18N6O2. The fourth-order valence-electron chi connectivity index (χ4n) is 3.46. The fourth-order valence-corrected chi connectivity index (χ4v) is 3.46. The van der Waals surface area contributed by atoms with Gasteiger partial charge in [0.2, 0.25) is 0 Å². The number of nitrogens with one attached hydrogen (secondary N) is 1. The second kappa shape index (κ2) is 7.40. The second-order valence-electron chi connectivity index (χ2n) is 6.96. The van der Waals surface area contributed by atoms with Crippen molar-refractivity contribution in [1.29, 1.82) is 0 Å². The molecule has 4 aromatic rings. The van der Waals surface area contributed by atoms with Crippen molar-refractivity contribution in [2.24, 2.45) is 12.0 Å². The minimum Gasteiger partial charge on any atom is -0.400 e. The lowest BCUT2D eigenvalue weighted by atomic mass is 9.96. The number of aromatic nitrogens is 4. The molecule has 1 N–H and O–H groups in total. The van der Waals surface area contributed by atoms with Gasteiger partial charge in [0.25, 0.3) is 5.89 Å². The quantitative estimate of drug-likeness (QED) is 0.568. The molecule has 0 amide bonds. The van der Waals surface area contributed by atoms with E-state index in [-0.39, 0.29) is 24.1 Å². The van der Waals surface area contributed by atoms with Crippen molar-refractivity contribution < 1.29 is 9.21 Å². The van der Waals surface area contributed by atoms with Crippen molar-refractivity contribution in [3.05, 3.63) is 83.7 Å². The first-order valence-corrected chi connectivity index (χ1v) is 9.51. The summed E-state index contributed by atoms with van der Waals surface area (Å²) in [5.74, 6) is 0.732. The van der Waals surface area contributed by atoms with E-state index in [0.717, 1.165) is 22.4 Å². The first-order chi connectivity index (χ1) is 14.7. The molecule has 1 atom stereocenters. The summed E-state index contributed by atoms with van der Waals surface area (Å²) < 4.78 is 7.45. The van der Waals surface area contributed by atoms with E-state index in [2.05, 4.69) is 20.5 Å². The highest BCUT2D eigenvalue weighted by Gasteiger charge is 2.27. The molecule has 3 heterocycles. The zero-order chi connectivity index (χ0) is 20.5. The number of fused-ring (bicyclic) bond motifs is 1. The number of imidazole rings is 1. The average Bonchev–Trinajstić information content (AvgIpc) is 3.37. The van der Waals surface area contributed by atoms with Crippen molar-refractivity contribution >= 4 is 17.5 Å². The monoisotopic (exact) mass is 398 g/mol. The summed E-state index contributed by atoms with van der Waals surface area (Å²) in [4.78, 5) is 21.9. The molecule has 0 aliphatic carbocycles. The molecule has 8 nitrogen and oxygen atoms in total. The van der Waals surface area contributed by atoms with Gasteiger partial charge in [0.05, 0.1) is 5.71 Å². The number of carbonyl (C=O) groups is 1. The number of hydrogen-bond acceptors (Lipinski definition) is 7. The van der Waals surface area contributed by atoms with E-state index < -0.39 is 6.17 Å². The van der Waals surface area contributed by atoms with Crippen LogP contribution in [0.15, 0.2) is 76.4 Å². The Bertz CT molecular complexity index is 1240. The van der Waals surface area contributed by atoms with Gasteiger partial charge in [-0.15, -0.1) is 5.10 Å². The number of anilines is 1. The molecule has 148 valence electrons. The first-order valence-electron chi connectivity index (χ1n) is 9.51. The zero-order valence-corrected chi connectivity index (χ0v) is 16.2. The van der Waals surface area contributed by atoms with E-state index in [1.54, 1.807) is 17.0 Å². The van der Waals surface area contributed by atoms with Crippen molar-refractivity contribution in [2.45, 2.75) is 12.6 Å². The number of Topliss-reactive ketones (excluding diaryl/α,β-unsaturated/α-hetero) is 1. The van der Waals surface area contributed by atoms with Gasteiger partial charge in [0, 0.05) is 37.0 Å². The summed E-state index contributed by atoms with van der Waals surface area (Å²) in [5, 5.41) is 11.0. The SMILES string of the molecule is Cn1ccnc1-c1nnc(NC2N=C(c3ccccc3)c3ccccc3CC2=O)o1. The van der Waals surface area contributed by atoms with Gasteiger partial charge in [-0.2, -0.15) is 0 Å². The first kappa shape index (κ1) is 18.0. The lowest BCUT2D eigenvalue weighted by Crippen LogP contribution is -2.29. The van der Waals surface area contributed by atoms with E-state index in [4.69, 9.17) is 9.41 Å². The maximum absolute atomic E-state index is 13.0. The molecule has 2 aromatic carbocycles. The molecule has 1 aliphatic rings. The highest BCUT2D eigenvalue weighted by Crippen LogP contribution is 2.23. The summed E-state index contributed by atoms with van der Waals surface area (Å²) in [6, 6.07) is 17.8. The van der Waals surface area contributed by atoms with Crippen molar-refractivity contribution in [2.75, 3.05) is 5.32 Å². The van der Waals surface area contributed by atoms with E-state index in [9.17, 15) is 4.79 Å². The average molecular weight is 398 g/mol. The predicted molar refractivity (Wildman–Crippen MR) is 111 cm³/mol. The number of hydrogen-bond donors (Lipinski definition) is 1. The van der Waals surface area contributed by atoms with Crippen LogP contribution < -0.4 is 5.32 Å². The third kappa shape index (κ3) is 3.28. The molecule has 0 saturated carbocycles. The maximum Gasteiger partial charge on any atom is 0.317 e. The molecule has 0 spiro atoms. The van der Waals surface area contributed by atoms with Crippen LogP contribution in [0.25, 0.3) is 11.7 Å². The Hall–Kier alpha value is -4.07. The van der Waals surface area contributed by atoms with Crippen LogP contribution in [0, 0.1) is 0 Å². The largest absolute Gasteiger partial charge is 0.400 e. The molecule has 1 aliphatic heterocycles. The summed E-state index contributed by atoms with van der Waals surface area (Å²) in [6.07, 6.45) is 2.85. The summed E-state index contributed by atoms with van der Waals surface area (Å²) in [6.45, 7) is 0. The van der Waals surface area contributed by atoms with Crippen LogP contribution in [0.3, 0.4) is 0 Å². The number of ketones is 1. The molecule has 2 aromatic heterocycles. The molecule has 5 rings (SSSR count). The van der Waals surface area contributed by atoms with Crippen LogP contribution in [-0.4, -0.2) is 37.4 Å². The number of aliphatic imine (C=N–C) groups is 1. The predicted octanol–water partition coefficient (Wildman–Crippen LogP) is 2.87. The van der Waals surface area contributed by atoms with Crippen LogP contribution in [0.4, 0.5) is 6.01 Å². The van der Waals surface area contributed by atoms with E-state index in [1.807, 2.05) is 61.6 Å². The maximum atomic E-state index is 13.0. The van der Waals surface area contributed by atoms with E-state index in [0.29, 0.717) is 5.82 Å². The Morgan fingerprint density at radius 1 is 1.07 bits per heavy atom. The summed E-state index contributed by atoms with van der Waals surface area (Å²) in [5.41, 5.74) is 3.57. The van der Waals surface area contributed by atoms with E-state index in [1.165, 1.54) is 0 Å². The van der Waals surface area contributed by atoms with Crippen molar-refractivity contribution in [1.82, 2.24) is 19.7 Å². The third-order valence-electron chi connectivity index (χ3n) is 4.95. The van der Waals surface area contributed by atoms with Gasteiger partial charge in [0.15, 0.2) is 17.8 Å². The number of carbonyl (C=O) groups excluding carboxylic acids is 1. The number of benzene rings is 2. The van der Waals surface area contributed by atoms with Gasteiger partial charge in [-0.3, -0.25) is 9.79 Å². The van der Waals surface area contributed by atoms with Gasteiger partial charge in [-0.05, 0) is 5.56 Å². The normalized spacial score (nSPS) is 16.0. The van der Waals surface area contributed by atoms with E-state index >= 15 is 0 Å². The van der Waals surface area contributed by atoms with Crippen molar-refractivity contribution in [3.63, 3.8) is 0 Å². The van der Waals surface area contributed by atoms with Crippen LogP contribution in [0.2, 0.25) is 0 Å². The topological polar surface area (TPSA) is 98.2 Å². The van der Waals surface area contributed by atoms with Gasteiger partial charge in [0.1, 0.15) is 0 Å². The van der Waals surface area contributed by atoms with Gasteiger partial charge < -0.3 is 14.3 Å². The molecule has 0 fully saturated rings. The van der Waals surface area contributed by atoms with Crippen LogP contribution in [0.1, 0.15) is 16.7 Å². The standard InChI is InChI=1S/C22H18N6O2/c1-28-12-11-23-20(28)21-26-27-22(30-21)25-19-17(29)13-15-9-5-6-10-16(15)18(24-19)14-7-3-2-4-8-14/h2-12,19H,13H2,1H3,(H,25,27). The lowest BCUT2D eigenvalue weighted by Gasteiger charge is -2.11. The fraction of sp³-hybridized carbons (Fsp3) is 0.136. The smallest absolute Gasteiger partial charge is 0.317 e. The third-order valence-corrected chi connectivity index (χ3v) is 4.95. The minimum atomic E-state index is -0.845. The molecule has 30 heavy (non-hydrogen) atoms. The number of aryl methyl sites for hydroxylation is 1. The van der Waals surface area contributed by atoms with Crippen LogP contribution in [-0.2, 0) is 18.3 Å². The summed E-state index contributed by atoms with van der Waals surface area (Å²) in [7, 11) is 1.84. The minimum absolute atomic E-state index is 0.0786. The van der Waals surface area contributed by atoms with Crippen molar-refractivity contribution in [3.8, 4) is 11.7 Å².